The van der Waals surface area contributed by atoms with E-state index in [4.69, 9.17) is 4.74 Å². The maximum absolute atomic E-state index is 11.8. The summed E-state index contributed by atoms with van der Waals surface area (Å²) in [6.45, 7) is 2.15. The van der Waals surface area contributed by atoms with Crippen LogP contribution in [0.5, 0.6) is 5.75 Å². The largest absolute Gasteiger partial charge is 0.412 e. The molecule has 2 aromatic carbocycles. The fourth-order valence-corrected chi connectivity index (χ4v) is 2.08. The SMILES string of the molecule is Cc1nc2ccccc2nc1CNC(=O)Oc1ccccc1. The highest BCUT2D eigenvalue weighted by atomic mass is 16.6. The zero-order valence-corrected chi connectivity index (χ0v) is 12.1. The summed E-state index contributed by atoms with van der Waals surface area (Å²) in [5.41, 5.74) is 3.17. The summed E-state index contributed by atoms with van der Waals surface area (Å²) < 4.78 is 5.17. The number of para-hydroxylation sites is 3. The molecule has 22 heavy (non-hydrogen) atoms. The van der Waals surface area contributed by atoms with Gasteiger partial charge in [-0.2, -0.15) is 0 Å². The topological polar surface area (TPSA) is 64.1 Å². The molecule has 0 unspecified atom stereocenters. The third-order valence-corrected chi connectivity index (χ3v) is 3.20. The number of carbonyl (C=O) groups excluding carboxylic acids is 1. The monoisotopic (exact) mass is 293 g/mol. The Bertz CT molecular complexity index is 803. The van der Waals surface area contributed by atoms with Crippen molar-refractivity contribution in [1.29, 1.82) is 0 Å². The Labute approximate surface area is 128 Å². The van der Waals surface area contributed by atoms with Crippen molar-refractivity contribution >= 4 is 17.1 Å². The molecule has 5 heteroatoms. The van der Waals surface area contributed by atoms with E-state index in [1.165, 1.54) is 0 Å². The summed E-state index contributed by atoms with van der Waals surface area (Å²) in [5, 5.41) is 2.69. The molecule has 0 bridgehead atoms. The molecule has 0 saturated heterocycles. The Hall–Kier alpha value is -2.95. The van der Waals surface area contributed by atoms with Crippen LogP contribution in [0.1, 0.15) is 11.4 Å². The Morgan fingerprint density at radius 3 is 2.36 bits per heavy atom. The van der Waals surface area contributed by atoms with Gasteiger partial charge in [-0.1, -0.05) is 30.3 Å². The van der Waals surface area contributed by atoms with Crippen molar-refractivity contribution in [2.45, 2.75) is 13.5 Å². The smallest absolute Gasteiger partial charge is 0.410 e. The lowest BCUT2D eigenvalue weighted by molar-refractivity contribution is 0.200. The van der Waals surface area contributed by atoms with Gasteiger partial charge in [0.1, 0.15) is 5.75 Å². The maximum atomic E-state index is 11.8. The molecule has 0 spiro atoms. The number of benzene rings is 2. The number of carbonyl (C=O) groups is 1. The molecule has 0 radical (unpaired) electrons. The average molecular weight is 293 g/mol. The lowest BCUT2D eigenvalue weighted by Gasteiger charge is -2.08. The molecule has 3 aromatic rings. The second-order valence-corrected chi connectivity index (χ2v) is 4.80. The molecule has 1 N–H and O–H groups in total. The highest BCUT2D eigenvalue weighted by Gasteiger charge is 2.08. The van der Waals surface area contributed by atoms with Gasteiger partial charge in [-0.15, -0.1) is 0 Å². The number of amides is 1. The molecule has 3 rings (SSSR count). The van der Waals surface area contributed by atoms with Gasteiger partial charge >= 0.3 is 6.09 Å². The van der Waals surface area contributed by atoms with E-state index in [1.807, 2.05) is 49.4 Å². The third-order valence-electron chi connectivity index (χ3n) is 3.20. The first-order valence-electron chi connectivity index (χ1n) is 6.95. The van der Waals surface area contributed by atoms with Crippen molar-refractivity contribution in [1.82, 2.24) is 15.3 Å². The van der Waals surface area contributed by atoms with Crippen molar-refractivity contribution in [2.24, 2.45) is 0 Å². The summed E-state index contributed by atoms with van der Waals surface area (Å²) in [6, 6.07) is 16.6. The van der Waals surface area contributed by atoms with Crippen LogP contribution in [0.3, 0.4) is 0 Å². The van der Waals surface area contributed by atoms with Crippen LogP contribution in [0.25, 0.3) is 11.0 Å². The van der Waals surface area contributed by atoms with Crippen LogP contribution in [0.2, 0.25) is 0 Å². The lowest BCUT2D eigenvalue weighted by atomic mass is 10.2. The minimum atomic E-state index is -0.513. The van der Waals surface area contributed by atoms with Gasteiger partial charge in [0.05, 0.1) is 29.0 Å². The van der Waals surface area contributed by atoms with Gasteiger partial charge < -0.3 is 10.1 Å². The molecule has 1 amide bonds. The van der Waals surface area contributed by atoms with Gasteiger partial charge in [-0.05, 0) is 31.2 Å². The molecule has 5 nitrogen and oxygen atoms in total. The highest BCUT2D eigenvalue weighted by molar-refractivity contribution is 5.74. The van der Waals surface area contributed by atoms with E-state index in [2.05, 4.69) is 15.3 Å². The number of ether oxygens (including phenoxy) is 1. The van der Waals surface area contributed by atoms with Crippen molar-refractivity contribution in [3.05, 3.63) is 66.0 Å². The predicted octanol–water partition coefficient (Wildman–Crippen LogP) is 3.23. The van der Waals surface area contributed by atoms with Gasteiger partial charge in [0.15, 0.2) is 0 Å². The fourth-order valence-electron chi connectivity index (χ4n) is 2.08. The van der Waals surface area contributed by atoms with Gasteiger partial charge in [-0.25, -0.2) is 14.8 Å². The summed E-state index contributed by atoms with van der Waals surface area (Å²) in [6.07, 6.45) is -0.513. The van der Waals surface area contributed by atoms with Gasteiger partial charge in [-0.3, -0.25) is 0 Å². The van der Waals surface area contributed by atoms with Crippen molar-refractivity contribution in [3.63, 3.8) is 0 Å². The van der Waals surface area contributed by atoms with Crippen LogP contribution in [-0.2, 0) is 6.54 Å². The first-order valence-corrected chi connectivity index (χ1v) is 6.95. The van der Waals surface area contributed by atoms with Crippen LogP contribution in [0.15, 0.2) is 54.6 Å². The molecule has 0 atom stereocenters. The van der Waals surface area contributed by atoms with Crippen LogP contribution >= 0.6 is 0 Å². The van der Waals surface area contributed by atoms with Crippen molar-refractivity contribution in [2.75, 3.05) is 0 Å². The predicted molar refractivity (Wildman–Crippen MR) is 83.6 cm³/mol. The Morgan fingerprint density at radius 1 is 1.00 bits per heavy atom. The molecule has 0 aliphatic heterocycles. The number of nitrogens with zero attached hydrogens (tertiary/aromatic N) is 2. The Kier molecular flexibility index (Phi) is 3.96. The Balaban J connectivity index is 1.68. The van der Waals surface area contributed by atoms with E-state index in [1.54, 1.807) is 12.1 Å². The second-order valence-electron chi connectivity index (χ2n) is 4.80. The number of aryl methyl sites for hydroxylation is 1. The van der Waals surface area contributed by atoms with Crippen molar-refractivity contribution in [3.8, 4) is 5.75 Å². The number of hydrogen-bond donors (Lipinski definition) is 1. The van der Waals surface area contributed by atoms with E-state index >= 15 is 0 Å². The number of rotatable bonds is 3. The summed E-state index contributed by atoms with van der Waals surface area (Å²) in [7, 11) is 0. The molecule has 0 saturated carbocycles. The minimum Gasteiger partial charge on any atom is -0.410 e. The van der Waals surface area contributed by atoms with Gasteiger partial charge in [0.25, 0.3) is 0 Å². The Morgan fingerprint density at radius 2 is 1.64 bits per heavy atom. The molecule has 0 aliphatic carbocycles. The normalized spacial score (nSPS) is 10.4. The third kappa shape index (κ3) is 3.20. The van der Waals surface area contributed by atoms with Gasteiger partial charge in [0.2, 0.25) is 0 Å². The van der Waals surface area contributed by atoms with Crippen LogP contribution in [-0.4, -0.2) is 16.1 Å². The van der Waals surface area contributed by atoms with Crippen LogP contribution < -0.4 is 10.1 Å². The number of nitrogens with one attached hydrogen (secondary N) is 1. The van der Waals surface area contributed by atoms with E-state index in [-0.39, 0.29) is 6.54 Å². The highest BCUT2D eigenvalue weighted by Crippen LogP contribution is 2.12. The van der Waals surface area contributed by atoms with E-state index < -0.39 is 6.09 Å². The average Bonchev–Trinajstić information content (AvgIpc) is 2.54. The molecular formula is C17H15N3O2. The van der Waals surface area contributed by atoms with E-state index in [0.717, 1.165) is 22.4 Å². The molecular weight excluding hydrogens is 278 g/mol. The number of aromatic nitrogens is 2. The second kappa shape index (κ2) is 6.22. The maximum Gasteiger partial charge on any atom is 0.412 e. The standard InChI is InChI=1S/C17H15N3O2/c1-12-16(20-15-10-6-5-9-14(15)19-12)11-18-17(21)22-13-7-3-2-4-8-13/h2-10H,11H2,1H3,(H,18,21). The van der Waals surface area contributed by atoms with Crippen molar-refractivity contribution < 1.29 is 9.53 Å². The summed E-state index contributed by atoms with van der Waals surface area (Å²) in [4.78, 5) is 20.8. The molecule has 0 fully saturated rings. The van der Waals surface area contributed by atoms with Gasteiger partial charge in [0, 0.05) is 0 Å². The van der Waals surface area contributed by atoms with Crippen LogP contribution in [0.4, 0.5) is 4.79 Å². The zero-order valence-electron chi connectivity index (χ0n) is 12.1. The first kappa shape index (κ1) is 14.0. The quantitative estimate of drug-likeness (QED) is 0.805. The van der Waals surface area contributed by atoms with E-state index in [9.17, 15) is 4.79 Å². The lowest BCUT2D eigenvalue weighted by Crippen LogP contribution is -2.27. The molecule has 0 aliphatic rings. The number of fused-ring (bicyclic) bond motifs is 1. The molecule has 1 aromatic heterocycles. The van der Waals surface area contributed by atoms with Crippen LogP contribution in [0, 0.1) is 6.92 Å². The number of hydrogen-bond acceptors (Lipinski definition) is 4. The molecule has 1 heterocycles. The first-order chi connectivity index (χ1) is 10.7. The fraction of sp³-hybridized carbons (Fsp3) is 0.118. The molecule has 110 valence electrons. The van der Waals surface area contributed by atoms with E-state index in [0.29, 0.717) is 5.75 Å². The summed E-state index contributed by atoms with van der Waals surface area (Å²) >= 11 is 0. The summed E-state index contributed by atoms with van der Waals surface area (Å²) in [5.74, 6) is 0.501. The minimum absolute atomic E-state index is 0.273. The zero-order chi connectivity index (χ0) is 15.4.